The van der Waals surface area contributed by atoms with Crippen LogP contribution in [-0.2, 0) is 19.4 Å². The number of pyridine rings is 1. The van der Waals surface area contributed by atoms with E-state index in [0.717, 1.165) is 0 Å². The molecule has 150 valence electrons. The van der Waals surface area contributed by atoms with Crippen molar-refractivity contribution in [2.75, 3.05) is 0 Å². The molecule has 0 atom stereocenters. The van der Waals surface area contributed by atoms with Crippen LogP contribution in [0.1, 0.15) is 122 Å². The van der Waals surface area contributed by atoms with E-state index in [0.29, 0.717) is 0 Å². The fourth-order valence-corrected chi connectivity index (χ4v) is 3.76. The average molecular weight is 361 g/mol. The summed E-state index contributed by atoms with van der Waals surface area (Å²) >= 11 is 0. The van der Waals surface area contributed by atoms with Gasteiger partial charge in [0, 0.05) is 18.1 Å². The monoisotopic (exact) mass is 360 g/mol. The highest BCUT2D eigenvalue weighted by atomic mass is 14.9. The van der Waals surface area contributed by atoms with Crippen molar-refractivity contribution in [3.63, 3.8) is 0 Å². The molecule has 1 heteroatoms. The standard InChI is InChI=1S/C25H46N/c1-4-7-10-12-14-16-18-24-20-22-26(21-9-6-3)23-25(24)19-17-15-13-11-8-5-2/h20,22-23H,4-19,21H2,1-3H3/q+1. The molecule has 0 spiro atoms. The molecule has 1 aromatic rings. The largest absolute Gasteiger partial charge is 0.205 e. The van der Waals surface area contributed by atoms with Gasteiger partial charge in [0.25, 0.3) is 0 Å². The van der Waals surface area contributed by atoms with Crippen LogP contribution < -0.4 is 4.57 Å². The van der Waals surface area contributed by atoms with Crippen LogP contribution in [0.4, 0.5) is 0 Å². The van der Waals surface area contributed by atoms with Gasteiger partial charge in [-0.1, -0.05) is 91.4 Å². The van der Waals surface area contributed by atoms with Crippen LogP contribution >= 0.6 is 0 Å². The van der Waals surface area contributed by atoms with Crippen LogP contribution in [0.2, 0.25) is 0 Å². The van der Waals surface area contributed by atoms with E-state index < -0.39 is 0 Å². The third-order valence-electron chi connectivity index (χ3n) is 5.57. The van der Waals surface area contributed by atoms with Crippen molar-refractivity contribution in [3.05, 3.63) is 29.6 Å². The number of aromatic nitrogens is 1. The van der Waals surface area contributed by atoms with Gasteiger partial charge in [-0.2, -0.15) is 0 Å². The van der Waals surface area contributed by atoms with E-state index in [2.05, 4.69) is 43.8 Å². The number of aryl methyl sites for hydroxylation is 3. The average Bonchev–Trinajstić information content (AvgIpc) is 2.66. The molecule has 0 aromatic carbocycles. The van der Waals surface area contributed by atoms with Crippen molar-refractivity contribution in [1.82, 2.24) is 0 Å². The Morgan fingerprint density at radius 1 is 0.577 bits per heavy atom. The van der Waals surface area contributed by atoms with Gasteiger partial charge in [0.05, 0.1) is 0 Å². The Balaban J connectivity index is 2.48. The SMILES string of the molecule is CCCCCCCCc1cc[n+](CCCC)cc1CCCCCCCC. The molecule has 1 heterocycles. The molecule has 0 bridgehead atoms. The summed E-state index contributed by atoms with van der Waals surface area (Å²) < 4.78 is 2.43. The van der Waals surface area contributed by atoms with Gasteiger partial charge in [-0.15, -0.1) is 0 Å². The molecule has 0 N–H and O–H groups in total. The topological polar surface area (TPSA) is 3.88 Å². The summed E-state index contributed by atoms with van der Waals surface area (Å²) in [7, 11) is 0. The van der Waals surface area contributed by atoms with Gasteiger partial charge in [0.15, 0.2) is 12.4 Å². The van der Waals surface area contributed by atoms with Gasteiger partial charge >= 0.3 is 0 Å². The third-order valence-corrected chi connectivity index (χ3v) is 5.57. The number of nitrogens with zero attached hydrogens (tertiary/aromatic N) is 1. The van der Waals surface area contributed by atoms with Crippen LogP contribution in [0.5, 0.6) is 0 Å². The second kappa shape index (κ2) is 16.3. The molecule has 0 amide bonds. The maximum absolute atomic E-state index is 2.47. The molecule has 1 aromatic heterocycles. The summed E-state index contributed by atoms with van der Waals surface area (Å²) in [5.74, 6) is 0. The first-order valence-corrected chi connectivity index (χ1v) is 11.8. The van der Waals surface area contributed by atoms with E-state index in [1.165, 1.54) is 109 Å². The summed E-state index contributed by atoms with van der Waals surface area (Å²) in [5, 5.41) is 0. The van der Waals surface area contributed by atoms with Crippen LogP contribution in [0.25, 0.3) is 0 Å². The Morgan fingerprint density at radius 2 is 1.08 bits per heavy atom. The predicted molar refractivity (Wildman–Crippen MR) is 116 cm³/mol. The van der Waals surface area contributed by atoms with Crippen molar-refractivity contribution in [2.45, 2.75) is 130 Å². The Hall–Kier alpha value is -0.850. The second-order valence-corrected chi connectivity index (χ2v) is 8.12. The van der Waals surface area contributed by atoms with Gasteiger partial charge in [-0.3, -0.25) is 0 Å². The highest BCUT2D eigenvalue weighted by Gasteiger charge is 2.09. The Bertz CT molecular complexity index is 438. The lowest BCUT2D eigenvalue weighted by molar-refractivity contribution is -0.697. The summed E-state index contributed by atoms with van der Waals surface area (Å²) in [5.41, 5.74) is 3.26. The van der Waals surface area contributed by atoms with Crippen molar-refractivity contribution in [1.29, 1.82) is 0 Å². The lowest BCUT2D eigenvalue weighted by atomic mass is 9.98. The maximum atomic E-state index is 2.47. The summed E-state index contributed by atoms with van der Waals surface area (Å²) in [6, 6.07) is 2.42. The fraction of sp³-hybridized carbons (Fsp3) is 0.800. The molecule has 1 nitrogen and oxygen atoms in total. The fourth-order valence-electron chi connectivity index (χ4n) is 3.76. The molecular weight excluding hydrogens is 314 g/mol. The molecule has 0 fully saturated rings. The number of hydrogen-bond acceptors (Lipinski definition) is 0. The molecule has 0 aliphatic carbocycles. The van der Waals surface area contributed by atoms with Crippen LogP contribution in [0.15, 0.2) is 18.5 Å². The van der Waals surface area contributed by atoms with E-state index in [1.54, 1.807) is 11.1 Å². The first-order valence-electron chi connectivity index (χ1n) is 11.8. The van der Waals surface area contributed by atoms with E-state index in [9.17, 15) is 0 Å². The van der Waals surface area contributed by atoms with Crippen molar-refractivity contribution >= 4 is 0 Å². The Kier molecular flexibility index (Phi) is 14.6. The minimum Gasteiger partial charge on any atom is -0.205 e. The summed E-state index contributed by atoms with van der Waals surface area (Å²) in [6.45, 7) is 8.06. The van der Waals surface area contributed by atoms with Gasteiger partial charge in [-0.25, -0.2) is 4.57 Å². The zero-order valence-corrected chi connectivity index (χ0v) is 18.2. The van der Waals surface area contributed by atoms with Crippen molar-refractivity contribution < 1.29 is 4.57 Å². The molecule has 0 aliphatic rings. The molecule has 0 saturated heterocycles. The molecule has 0 radical (unpaired) electrons. The molecule has 1 rings (SSSR count). The Labute approximate surface area is 164 Å². The highest BCUT2D eigenvalue weighted by molar-refractivity contribution is 5.21. The zero-order valence-electron chi connectivity index (χ0n) is 18.2. The normalized spacial score (nSPS) is 11.2. The minimum absolute atomic E-state index is 1.18. The van der Waals surface area contributed by atoms with Gasteiger partial charge < -0.3 is 0 Å². The number of hydrogen-bond donors (Lipinski definition) is 0. The van der Waals surface area contributed by atoms with Gasteiger partial charge in [0.1, 0.15) is 6.54 Å². The minimum atomic E-state index is 1.18. The van der Waals surface area contributed by atoms with E-state index in [4.69, 9.17) is 0 Å². The van der Waals surface area contributed by atoms with Crippen LogP contribution in [0, 0.1) is 0 Å². The van der Waals surface area contributed by atoms with Crippen LogP contribution in [0.3, 0.4) is 0 Å². The zero-order chi connectivity index (χ0) is 18.9. The number of unbranched alkanes of at least 4 members (excludes halogenated alkanes) is 11. The smallest absolute Gasteiger partial charge is 0.172 e. The summed E-state index contributed by atoms with van der Waals surface area (Å²) in [6.07, 6.45) is 26.7. The van der Waals surface area contributed by atoms with E-state index in [-0.39, 0.29) is 0 Å². The first-order chi connectivity index (χ1) is 12.8. The van der Waals surface area contributed by atoms with Crippen molar-refractivity contribution in [2.24, 2.45) is 0 Å². The lowest BCUT2D eigenvalue weighted by Gasteiger charge is -2.09. The molecule has 26 heavy (non-hydrogen) atoms. The maximum Gasteiger partial charge on any atom is 0.172 e. The molecule has 0 aliphatic heterocycles. The first kappa shape index (κ1) is 23.2. The molecule has 0 unspecified atom stereocenters. The number of rotatable bonds is 17. The van der Waals surface area contributed by atoms with Crippen molar-refractivity contribution in [3.8, 4) is 0 Å². The quantitative estimate of drug-likeness (QED) is 0.199. The summed E-state index contributed by atoms with van der Waals surface area (Å²) in [4.78, 5) is 0. The molecule has 0 saturated carbocycles. The third kappa shape index (κ3) is 11.0. The second-order valence-electron chi connectivity index (χ2n) is 8.12. The van der Waals surface area contributed by atoms with Gasteiger partial charge in [-0.05, 0) is 31.2 Å². The van der Waals surface area contributed by atoms with E-state index in [1.807, 2.05) is 0 Å². The lowest BCUT2D eigenvalue weighted by Crippen LogP contribution is -2.33. The van der Waals surface area contributed by atoms with Gasteiger partial charge in [0.2, 0.25) is 0 Å². The Morgan fingerprint density at radius 3 is 1.65 bits per heavy atom. The highest BCUT2D eigenvalue weighted by Crippen LogP contribution is 2.16. The van der Waals surface area contributed by atoms with Crippen LogP contribution in [-0.4, -0.2) is 0 Å². The van der Waals surface area contributed by atoms with E-state index >= 15 is 0 Å². The predicted octanol–water partition coefficient (Wildman–Crippen LogP) is 7.58. The molecular formula is C25H46N+.